The molecule has 70 valence electrons. The van der Waals surface area contributed by atoms with E-state index in [1.165, 1.54) is 11.1 Å². The average molecular weight is 178 g/mol. The Hall–Kier alpha value is -0.860. The van der Waals surface area contributed by atoms with E-state index in [9.17, 15) is 0 Å². The fraction of sp³-hybridized carbons (Fsp3) is 0.455. The third kappa shape index (κ3) is 1.74. The maximum absolute atomic E-state index is 5.71. The SMILES string of the molecule is C[NH2+]CC1OCCc2ccccc21. The third-order valence-corrected chi connectivity index (χ3v) is 2.54. The lowest BCUT2D eigenvalue weighted by molar-refractivity contribution is -0.635. The maximum Gasteiger partial charge on any atom is 0.131 e. The van der Waals surface area contributed by atoms with Gasteiger partial charge in [-0.05, 0) is 17.5 Å². The first-order valence-electron chi connectivity index (χ1n) is 4.89. The molecule has 2 heteroatoms. The highest BCUT2D eigenvalue weighted by Crippen LogP contribution is 2.25. The molecule has 1 aliphatic heterocycles. The summed E-state index contributed by atoms with van der Waals surface area (Å²) in [6.07, 6.45) is 1.37. The summed E-state index contributed by atoms with van der Waals surface area (Å²) in [6.45, 7) is 1.90. The molecule has 0 bridgehead atoms. The summed E-state index contributed by atoms with van der Waals surface area (Å²) in [5.74, 6) is 0. The zero-order valence-electron chi connectivity index (χ0n) is 7.99. The molecule has 0 aromatic heterocycles. The number of ether oxygens (including phenoxy) is 1. The third-order valence-electron chi connectivity index (χ3n) is 2.54. The Kier molecular flexibility index (Phi) is 2.62. The second-order valence-electron chi connectivity index (χ2n) is 3.45. The Morgan fingerprint density at radius 3 is 3.15 bits per heavy atom. The minimum absolute atomic E-state index is 0.301. The van der Waals surface area contributed by atoms with Crippen molar-refractivity contribution in [1.29, 1.82) is 0 Å². The highest BCUT2D eigenvalue weighted by atomic mass is 16.5. The Bertz CT molecular complexity index is 285. The van der Waals surface area contributed by atoms with Crippen LogP contribution in [0.2, 0.25) is 0 Å². The number of rotatable bonds is 2. The van der Waals surface area contributed by atoms with E-state index in [1.54, 1.807) is 0 Å². The van der Waals surface area contributed by atoms with Crippen molar-refractivity contribution in [3.8, 4) is 0 Å². The van der Waals surface area contributed by atoms with Crippen LogP contribution >= 0.6 is 0 Å². The molecule has 13 heavy (non-hydrogen) atoms. The number of benzene rings is 1. The highest BCUT2D eigenvalue weighted by molar-refractivity contribution is 5.30. The van der Waals surface area contributed by atoms with Crippen LogP contribution in [0.5, 0.6) is 0 Å². The minimum atomic E-state index is 0.301. The van der Waals surface area contributed by atoms with Crippen molar-refractivity contribution >= 4 is 0 Å². The monoisotopic (exact) mass is 178 g/mol. The predicted octanol–water partition coefficient (Wildman–Crippen LogP) is 0.494. The molecule has 0 radical (unpaired) electrons. The van der Waals surface area contributed by atoms with Crippen LogP contribution in [0, 0.1) is 0 Å². The van der Waals surface area contributed by atoms with Gasteiger partial charge in [0.2, 0.25) is 0 Å². The van der Waals surface area contributed by atoms with Gasteiger partial charge in [0.15, 0.2) is 0 Å². The predicted molar refractivity (Wildman–Crippen MR) is 51.6 cm³/mol. The first kappa shape index (κ1) is 8.73. The van der Waals surface area contributed by atoms with E-state index in [2.05, 4.69) is 36.6 Å². The van der Waals surface area contributed by atoms with Crippen molar-refractivity contribution in [3.05, 3.63) is 35.4 Å². The summed E-state index contributed by atoms with van der Waals surface area (Å²) in [5.41, 5.74) is 2.84. The second-order valence-corrected chi connectivity index (χ2v) is 3.45. The van der Waals surface area contributed by atoms with Crippen LogP contribution in [-0.4, -0.2) is 20.2 Å². The van der Waals surface area contributed by atoms with Gasteiger partial charge in [-0.1, -0.05) is 24.3 Å². The van der Waals surface area contributed by atoms with Crippen molar-refractivity contribution in [1.82, 2.24) is 0 Å². The van der Waals surface area contributed by atoms with Gasteiger partial charge < -0.3 is 10.1 Å². The molecule has 0 saturated heterocycles. The molecule has 0 aliphatic carbocycles. The lowest BCUT2D eigenvalue weighted by Crippen LogP contribution is -2.81. The summed E-state index contributed by atoms with van der Waals surface area (Å²) in [7, 11) is 2.08. The Morgan fingerprint density at radius 1 is 1.46 bits per heavy atom. The Balaban J connectivity index is 2.26. The van der Waals surface area contributed by atoms with Gasteiger partial charge in [0, 0.05) is 0 Å². The zero-order valence-corrected chi connectivity index (χ0v) is 7.99. The standard InChI is InChI=1S/C11H15NO/c1-12-8-11-10-5-3-2-4-9(10)6-7-13-11/h2-5,11-12H,6-8H2,1H3/p+1. The summed E-state index contributed by atoms with van der Waals surface area (Å²) >= 11 is 0. The molecule has 1 aromatic carbocycles. The fourth-order valence-electron chi connectivity index (χ4n) is 1.89. The van der Waals surface area contributed by atoms with Gasteiger partial charge >= 0.3 is 0 Å². The van der Waals surface area contributed by atoms with Crippen molar-refractivity contribution in [3.63, 3.8) is 0 Å². The molecule has 0 spiro atoms. The van der Waals surface area contributed by atoms with E-state index in [1.807, 2.05) is 0 Å². The van der Waals surface area contributed by atoms with E-state index in [4.69, 9.17) is 4.74 Å². The van der Waals surface area contributed by atoms with Crippen LogP contribution in [0.3, 0.4) is 0 Å². The van der Waals surface area contributed by atoms with Crippen LogP contribution < -0.4 is 5.32 Å². The second kappa shape index (κ2) is 3.90. The summed E-state index contributed by atoms with van der Waals surface area (Å²) in [4.78, 5) is 0. The van der Waals surface area contributed by atoms with Crippen molar-refractivity contribution in [2.75, 3.05) is 20.2 Å². The number of likely N-dealkylation sites (N-methyl/N-ethyl adjacent to an activating group) is 1. The lowest BCUT2D eigenvalue weighted by atomic mass is 9.98. The number of hydrogen-bond donors (Lipinski definition) is 1. The number of nitrogens with two attached hydrogens (primary N) is 1. The van der Waals surface area contributed by atoms with Crippen molar-refractivity contribution in [2.24, 2.45) is 0 Å². The van der Waals surface area contributed by atoms with Gasteiger partial charge in [0.25, 0.3) is 0 Å². The average Bonchev–Trinajstić information content (AvgIpc) is 2.19. The van der Waals surface area contributed by atoms with E-state index in [0.29, 0.717) is 6.10 Å². The molecule has 2 rings (SSSR count). The molecule has 0 fully saturated rings. The molecular formula is C11H16NO+. The van der Waals surface area contributed by atoms with E-state index >= 15 is 0 Å². The van der Waals surface area contributed by atoms with Crippen molar-refractivity contribution in [2.45, 2.75) is 12.5 Å². The molecule has 0 saturated carbocycles. The molecule has 2 nitrogen and oxygen atoms in total. The fourth-order valence-corrected chi connectivity index (χ4v) is 1.89. The maximum atomic E-state index is 5.71. The Morgan fingerprint density at radius 2 is 2.31 bits per heavy atom. The molecule has 0 amide bonds. The molecule has 1 heterocycles. The van der Waals surface area contributed by atoms with Gasteiger partial charge in [-0.3, -0.25) is 0 Å². The summed E-state index contributed by atoms with van der Waals surface area (Å²) in [5, 5.41) is 2.17. The topological polar surface area (TPSA) is 25.8 Å². The molecule has 1 aliphatic rings. The number of hydrogen-bond acceptors (Lipinski definition) is 1. The van der Waals surface area contributed by atoms with Gasteiger partial charge in [-0.2, -0.15) is 0 Å². The number of fused-ring (bicyclic) bond motifs is 1. The van der Waals surface area contributed by atoms with Crippen LogP contribution in [-0.2, 0) is 11.2 Å². The van der Waals surface area contributed by atoms with Crippen molar-refractivity contribution < 1.29 is 10.1 Å². The smallest absolute Gasteiger partial charge is 0.131 e. The van der Waals surface area contributed by atoms with Gasteiger partial charge in [-0.25, -0.2) is 0 Å². The molecular weight excluding hydrogens is 162 g/mol. The van der Waals surface area contributed by atoms with Crippen LogP contribution in [0.15, 0.2) is 24.3 Å². The zero-order chi connectivity index (χ0) is 9.10. The van der Waals surface area contributed by atoms with E-state index in [-0.39, 0.29) is 0 Å². The first-order chi connectivity index (χ1) is 6.42. The normalized spacial score (nSPS) is 21.2. The summed E-state index contributed by atoms with van der Waals surface area (Å²) in [6, 6.07) is 8.59. The molecule has 2 N–H and O–H groups in total. The Labute approximate surface area is 78.9 Å². The van der Waals surface area contributed by atoms with Crippen LogP contribution in [0.25, 0.3) is 0 Å². The first-order valence-corrected chi connectivity index (χ1v) is 4.89. The molecule has 1 aromatic rings. The van der Waals surface area contributed by atoms with E-state index < -0.39 is 0 Å². The van der Waals surface area contributed by atoms with Crippen LogP contribution in [0.1, 0.15) is 17.2 Å². The van der Waals surface area contributed by atoms with E-state index in [0.717, 1.165) is 19.6 Å². The highest BCUT2D eigenvalue weighted by Gasteiger charge is 2.20. The van der Waals surface area contributed by atoms with Crippen LogP contribution in [0.4, 0.5) is 0 Å². The lowest BCUT2D eigenvalue weighted by Gasteiger charge is -2.24. The quantitative estimate of drug-likeness (QED) is 0.701. The number of quaternary nitrogens is 1. The van der Waals surface area contributed by atoms with Gasteiger partial charge in [0.05, 0.1) is 13.7 Å². The largest absolute Gasteiger partial charge is 0.367 e. The van der Waals surface area contributed by atoms with Gasteiger partial charge in [0.1, 0.15) is 12.6 Å². The molecule has 1 unspecified atom stereocenters. The summed E-state index contributed by atoms with van der Waals surface area (Å²) < 4.78 is 5.71. The molecule has 1 atom stereocenters. The minimum Gasteiger partial charge on any atom is -0.367 e. The van der Waals surface area contributed by atoms with Gasteiger partial charge in [-0.15, -0.1) is 0 Å².